The van der Waals surface area contributed by atoms with E-state index in [1.54, 1.807) is 11.8 Å². The molecule has 1 heterocycles. The lowest BCUT2D eigenvalue weighted by molar-refractivity contribution is 0.158. The largest absolute Gasteiger partial charge is 0.307 e. The van der Waals surface area contributed by atoms with Crippen molar-refractivity contribution >= 4 is 58.1 Å². The second kappa shape index (κ2) is 9.65. The first kappa shape index (κ1) is 24.3. The van der Waals surface area contributed by atoms with Crippen LogP contribution < -0.4 is 4.90 Å². The maximum Gasteiger partial charge on any atom is 0.170 e. The molecule has 0 amide bonds. The minimum Gasteiger partial charge on any atom is -0.307 e. The fraction of sp³-hybridized carbons (Fsp3) is 0.462. The number of nitrogens with zero attached hydrogens (tertiary/aromatic N) is 3. The van der Waals surface area contributed by atoms with Gasteiger partial charge in [0.15, 0.2) is 11.0 Å². The number of para-hydroxylation sites is 2. The van der Waals surface area contributed by atoms with Gasteiger partial charge in [0.2, 0.25) is 0 Å². The monoisotopic (exact) mass is 547 g/mol. The van der Waals surface area contributed by atoms with Crippen LogP contribution in [-0.2, 0) is 0 Å². The van der Waals surface area contributed by atoms with Crippen molar-refractivity contribution in [1.29, 1.82) is 0 Å². The number of aryl methyl sites for hydroxylation is 1. The molecular weight excluding hydrogens is 513 g/mol. The van der Waals surface area contributed by atoms with Crippen LogP contribution in [0.15, 0.2) is 64.6 Å². The van der Waals surface area contributed by atoms with Crippen molar-refractivity contribution in [2.75, 3.05) is 11.2 Å². The van der Waals surface area contributed by atoms with Gasteiger partial charge >= 0.3 is 0 Å². The van der Waals surface area contributed by atoms with E-state index < -0.39 is 0 Å². The molecule has 0 N–H and O–H groups in total. The Morgan fingerprint density at radius 1 is 1.00 bits per heavy atom. The number of amidine groups is 2. The van der Waals surface area contributed by atoms with Gasteiger partial charge in [0.1, 0.15) is 5.54 Å². The van der Waals surface area contributed by atoms with Crippen molar-refractivity contribution < 1.29 is 0 Å². The molecule has 3 nitrogen and oxygen atoms in total. The first-order valence-corrected chi connectivity index (χ1v) is 12.2. The summed E-state index contributed by atoms with van der Waals surface area (Å²) in [6.07, 6.45) is 6.71. The third-order valence-electron chi connectivity index (χ3n) is 6.81. The van der Waals surface area contributed by atoms with Gasteiger partial charge in [0.05, 0.1) is 5.69 Å². The summed E-state index contributed by atoms with van der Waals surface area (Å²) in [6.45, 7) is 9.27. The van der Waals surface area contributed by atoms with Crippen molar-refractivity contribution in [2.24, 2.45) is 21.3 Å². The van der Waals surface area contributed by atoms with Gasteiger partial charge in [0.25, 0.3) is 0 Å². The average molecular weight is 548 g/mol. The third-order valence-corrected chi connectivity index (χ3v) is 7.45. The molecule has 1 aliphatic heterocycles. The first-order chi connectivity index (χ1) is 14.3. The SMILES string of the molecule is CSC1=NC(=Nc2ccccc2C)C2(CCC(C(C)(C)C)CC2)N1c1ccccc1.I. The molecule has 2 aromatic rings. The summed E-state index contributed by atoms with van der Waals surface area (Å²) in [5, 5.41) is 1.06. The van der Waals surface area contributed by atoms with Crippen molar-refractivity contribution in [3.63, 3.8) is 0 Å². The number of thioether (sulfide) groups is 1. The maximum atomic E-state index is 5.17. The van der Waals surface area contributed by atoms with Gasteiger partial charge in [-0.15, -0.1) is 24.0 Å². The topological polar surface area (TPSA) is 28.0 Å². The van der Waals surface area contributed by atoms with Crippen LogP contribution in [0.3, 0.4) is 0 Å². The van der Waals surface area contributed by atoms with E-state index in [9.17, 15) is 0 Å². The molecule has 0 saturated heterocycles. The molecule has 0 radical (unpaired) electrons. The highest BCUT2D eigenvalue weighted by Gasteiger charge is 2.51. The molecule has 1 spiro atoms. The fourth-order valence-corrected chi connectivity index (χ4v) is 5.58. The second-order valence-electron chi connectivity index (χ2n) is 9.66. The molecule has 0 unspecified atom stereocenters. The Bertz CT molecular complexity index is 954. The van der Waals surface area contributed by atoms with Gasteiger partial charge in [0, 0.05) is 5.69 Å². The maximum absolute atomic E-state index is 5.17. The van der Waals surface area contributed by atoms with Crippen molar-refractivity contribution in [3.05, 3.63) is 60.2 Å². The number of benzene rings is 2. The molecule has 2 aliphatic rings. The van der Waals surface area contributed by atoms with Crippen molar-refractivity contribution in [1.82, 2.24) is 0 Å². The molecule has 4 rings (SSSR count). The van der Waals surface area contributed by atoms with E-state index in [1.807, 2.05) is 0 Å². The summed E-state index contributed by atoms with van der Waals surface area (Å²) in [7, 11) is 0. The van der Waals surface area contributed by atoms with E-state index >= 15 is 0 Å². The molecular formula is C26H34IN3S. The van der Waals surface area contributed by atoms with E-state index in [-0.39, 0.29) is 29.5 Å². The van der Waals surface area contributed by atoms with Crippen LogP contribution in [0.25, 0.3) is 0 Å². The Balaban J connectivity index is 0.00000272. The Kier molecular flexibility index (Phi) is 7.57. The normalized spacial score (nSPS) is 24.9. The third kappa shape index (κ3) is 4.72. The summed E-state index contributed by atoms with van der Waals surface area (Å²) in [5.41, 5.74) is 3.62. The number of hydrogen-bond donors (Lipinski definition) is 0. The lowest BCUT2D eigenvalue weighted by atomic mass is 9.66. The molecule has 1 fully saturated rings. The Morgan fingerprint density at radius 3 is 2.19 bits per heavy atom. The summed E-state index contributed by atoms with van der Waals surface area (Å²) in [6, 6.07) is 19.1. The highest BCUT2D eigenvalue weighted by molar-refractivity contribution is 14.0. The number of halogens is 1. The molecule has 166 valence electrons. The van der Waals surface area contributed by atoms with Gasteiger partial charge < -0.3 is 4.90 Å². The molecule has 1 saturated carbocycles. The molecule has 1 aliphatic carbocycles. The first-order valence-electron chi connectivity index (χ1n) is 11.0. The van der Waals surface area contributed by atoms with Crippen molar-refractivity contribution in [2.45, 2.75) is 58.9 Å². The predicted octanol–water partition coefficient (Wildman–Crippen LogP) is 7.86. The Morgan fingerprint density at radius 2 is 1.61 bits per heavy atom. The summed E-state index contributed by atoms with van der Waals surface area (Å²) in [5.74, 6) is 1.72. The quantitative estimate of drug-likeness (QED) is 0.358. The molecule has 2 aromatic carbocycles. The second-order valence-corrected chi connectivity index (χ2v) is 10.4. The van der Waals surface area contributed by atoms with E-state index in [0.717, 1.165) is 35.5 Å². The highest BCUT2D eigenvalue weighted by Crippen LogP contribution is 2.49. The van der Waals surface area contributed by atoms with E-state index in [0.29, 0.717) is 5.41 Å². The van der Waals surface area contributed by atoms with Crippen LogP contribution in [0.5, 0.6) is 0 Å². The highest BCUT2D eigenvalue weighted by atomic mass is 127. The zero-order valence-electron chi connectivity index (χ0n) is 19.3. The van der Waals surface area contributed by atoms with Crippen LogP contribution >= 0.6 is 35.7 Å². The van der Waals surface area contributed by atoms with Gasteiger partial charge in [-0.1, -0.05) is 68.9 Å². The van der Waals surface area contributed by atoms with E-state index in [2.05, 4.69) is 93.4 Å². The summed E-state index contributed by atoms with van der Waals surface area (Å²) in [4.78, 5) is 12.8. The molecule has 0 atom stereocenters. The minimum atomic E-state index is -0.163. The molecule has 5 heteroatoms. The molecule has 0 aromatic heterocycles. The number of aliphatic imine (C=N–C) groups is 2. The molecule has 0 bridgehead atoms. The molecule has 31 heavy (non-hydrogen) atoms. The van der Waals surface area contributed by atoms with Crippen LogP contribution in [0.2, 0.25) is 0 Å². The van der Waals surface area contributed by atoms with Gasteiger partial charge in [-0.05, 0) is 74.0 Å². The zero-order valence-corrected chi connectivity index (χ0v) is 22.4. The smallest absolute Gasteiger partial charge is 0.170 e. The summed E-state index contributed by atoms with van der Waals surface area (Å²) >= 11 is 1.72. The number of hydrogen-bond acceptors (Lipinski definition) is 3. The lowest BCUT2D eigenvalue weighted by Gasteiger charge is -2.47. The average Bonchev–Trinajstić information content (AvgIpc) is 3.02. The van der Waals surface area contributed by atoms with Crippen LogP contribution in [-0.4, -0.2) is 22.8 Å². The lowest BCUT2D eigenvalue weighted by Crippen LogP contribution is -2.54. The fourth-order valence-electron chi connectivity index (χ4n) is 4.94. The predicted molar refractivity (Wildman–Crippen MR) is 148 cm³/mol. The van der Waals surface area contributed by atoms with E-state index in [4.69, 9.17) is 9.98 Å². The zero-order chi connectivity index (χ0) is 21.4. The minimum absolute atomic E-state index is 0. The Labute approximate surface area is 208 Å². The van der Waals surface area contributed by atoms with Gasteiger partial charge in [-0.2, -0.15) is 0 Å². The number of rotatable bonds is 2. The van der Waals surface area contributed by atoms with E-state index in [1.165, 1.54) is 24.1 Å². The standard InChI is InChI=1S/C26H33N3S.HI/c1-19-11-9-10-14-22(19)27-23-26(17-15-20(16-18-26)25(2,3)4)29(24(28-23)30-5)21-12-7-6-8-13-21;/h6-14,20H,15-18H2,1-5H3;1H. The van der Waals surface area contributed by atoms with Crippen molar-refractivity contribution in [3.8, 4) is 0 Å². The number of anilines is 1. The Hall–Kier alpha value is -1.34. The van der Waals surface area contributed by atoms with Crippen LogP contribution in [0.1, 0.15) is 52.0 Å². The van der Waals surface area contributed by atoms with Crippen LogP contribution in [0.4, 0.5) is 11.4 Å². The van der Waals surface area contributed by atoms with Gasteiger partial charge in [-0.25, -0.2) is 9.98 Å². The van der Waals surface area contributed by atoms with Gasteiger partial charge in [-0.3, -0.25) is 0 Å². The summed E-state index contributed by atoms with van der Waals surface area (Å²) < 4.78 is 0. The van der Waals surface area contributed by atoms with Crippen LogP contribution in [0, 0.1) is 18.3 Å².